The number of anilines is 1. The molecule has 0 aliphatic carbocycles. The van der Waals surface area contributed by atoms with Crippen LogP contribution in [0.2, 0.25) is 0 Å². The third kappa shape index (κ3) is 3.81. The number of carbonyl (C=O) groups is 2. The lowest BCUT2D eigenvalue weighted by atomic mass is 10.3. The van der Waals surface area contributed by atoms with Crippen molar-refractivity contribution in [3.8, 4) is 0 Å². The molecule has 24 heavy (non-hydrogen) atoms. The van der Waals surface area contributed by atoms with Crippen molar-refractivity contribution in [1.29, 1.82) is 0 Å². The Kier molecular flexibility index (Phi) is 5.24. The van der Waals surface area contributed by atoms with Crippen molar-refractivity contribution in [1.82, 2.24) is 25.3 Å². The van der Waals surface area contributed by atoms with E-state index in [0.29, 0.717) is 25.3 Å². The summed E-state index contributed by atoms with van der Waals surface area (Å²) in [4.78, 5) is 30.1. The van der Waals surface area contributed by atoms with Crippen molar-refractivity contribution >= 4 is 17.6 Å². The summed E-state index contributed by atoms with van der Waals surface area (Å²) in [6.07, 6.45) is 2.40. The van der Waals surface area contributed by atoms with Gasteiger partial charge in [0.2, 0.25) is 5.91 Å². The SMILES string of the molecule is CNC(=O)c1ccc(N2CCN(C(=O)CN3CCCC3)CC2)nn1. The van der Waals surface area contributed by atoms with Gasteiger partial charge >= 0.3 is 0 Å². The van der Waals surface area contributed by atoms with Gasteiger partial charge in [0.25, 0.3) is 5.91 Å². The van der Waals surface area contributed by atoms with Crippen LogP contribution in [0.1, 0.15) is 23.3 Å². The third-order valence-electron chi connectivity index (χ3n) is 4.62. The predicted octanol–water partition coefficient (Wildman–Crippen LogP) is -0.419. The van der Waals surface area contributed by atoms with E-state index in [4.69, 9.17) is 0 Å². The topological polar surface area (TPSA) is 81.7 Å². The number of likely N-dealkylation sites (tertiary alicyclic amines) is 1. The minimum Gasteiger partial charge on any atom is -0.354 e. The fourth-order valence-electron chi connectivity index (χ4n) is 3.16. The first-order valence-corrected chi connectivity index (χ1v) is 8.48. The number of amides is 2. The van der Waals surface area contributed by atoms with Crippen LogP contribution >= 0.6 is 0 Å². The second-order valence-electron chi connectivity index (χ2n) is 6.21. The monoisotopic (exact) mass is 332 g/mol. The van der Waals surface area contributed by atoms with E-state index in [1.54, 1.807) is 19.2 Å². The van der Waals surface area contributed by atoms with Gasteiger partial charge in [0.1, 0.15) is 0 Å². The van der Waals surface area contributed by atoms with Gasteiger partial charge in [-0.15, -0.1) is 10.2 Å². The van der Waals surface area contributed by atoms with Gasteiger partial charge in [-0.25, -0.2) is 0 Å². The molecule has 1 N–H and O–H groups in total. The van der Waals surface area contributed by atoms with Crippen LogP contribution in [0, 0.1) is 0 Å². The second kappa shape index (κ2) is 7.57. The second-order valence-corrected chi connectivity index (χ2v) is 6.21. The third-order valence-corrected chi connectivity index (χ3v) is 4.62. The van der Waals surface area contributed by atoms with E-state index in [9.17, 15) is 9.59 Å². The zero-order valence-corrected chi connectivity index (χ0v) is 14.1. The van der Waals surface area contributed by atoms with Gasteiger partial charge in [0, 0.05) is 33.2 Å². The zero-order chi connectivity index (χ0) is 16.9. The lowest BCUT2D eigenvalue weighted by molar-refractivity contribution is -0.132. The molecule has 0 radical (unpaired) electrons. The van der Waals surface area contributed by atoms with Gasteiger partial charge < -0.3 is 15.1 Å². The Bertz CT molecular complexity index is 577. The van der Waals surface area contributed by atoms with E-state index in [1.807, 2.05) is 4.90 Å². The van der Waals surface area contributed by atoms with Crippen LogP contribution < -0.4 is 10.2 Å². The van der Waals surface area contributed by atoms with E-state index in [-0.39, 0.29) is 11.8 Å². The lowest BCUT2D eigenvalue weighted by Crippen LogP contribution is -2.51. The van der Waals surface area contributed by atoms with Crippen LogP contribution in [0.3, 0.4) is 0 Å². The molecule has 2 saturated heterocycles. The van der Waals surface area contributed by atoms with Crippen molar-refractivity contribution in [3.63, 3.8) is 0 Å². The highest BCUT2D eigenvalue weighted by atomic mass is 16.2. The normalized spacial score (nSPS) is 18.7. The maximum absolute atomic E-state index is 12.3. The molecule has 3 heterocycles. The van der Waals surface area contributed by atoms with Gasteiger partial charge in [-0.2, -0.15) is 0 Å². The maximum atomic E-state index is 12.3. The highest BCUT2D eigenvalue weighted by Crippen LogP contribution is 2.14. The molecular weight excluding hydrogens is 308 g/mol. The number of piperazine rings is 1. The summed E-state index contributed by atoms with van der Waals surface area (Å²) < 4.78 is 0. The highest BCUT2D eigenvalue weighted by molar-refractivity contribution is 5.91. The summed E-state index contributed by atoms with van der Waals surface area (Å²) in [6.45, 7) is 5.50. The van der Waals surface area contributed by atoms with Crippen LogP contribution in [-0.2, 0) is 4.79 Å². The molecule has 8 nitrogen and oxygen atoms in total. The molecule has 8 heteroatoms. The standard InChI is InChI=1S/C16H24N6O2/c1-17-16(24)13-4-5-14(19-18-13)21-8-10-22(11-9-21)15(23)12-20-6-2-3-7-20/h4-5H,2-3,6-12H2,1H3,(H,17,24). The van der Waals surface area contributed by atoms with E-state index in [1.165, 1.54) is 12.8 Å². The molecule has 0 unspecified atom stereocenters. The Morgan fingerprint density at radius 2 is 1.75 bits per heavy atom. The quantitative estimate of drug-likeness (QED) is 0.807. The fourth-order valence-corrected chi connectivity index (χ4v) is 3.16. The van der Waals surface area contributed by atoms with Crippen molar-refractivity contribution < 1.29 is 9.59 Å². The Balaban J connectivity index is 1.51. The maximum Gasteiger partial charge on any atom is 0.271 e. The highest BCUT2D eigenvalue weighted by Gasteiger charge is 2.24. The Hall–Kier alpha value is -2.22. The van der Waals surface area contributed by atoms with Gasteiger partial charge in [-0.1, -0.05) is 0 Å². The van der Waals surface area contributed by atoms with E-state index >= 15 is 0 Å². The van der Waals surface area contributed by atoms with Crippen LogP contribution in [0.25, 0.3) is 0 Å². The van der Waals surface area contributed by atoms with Gasteiger partial charge in [-0.05, 0) is 38.1 Å². The van der Waals surface area contributed by atoms with Crippen molar-refractivity contribution in [2.24, 2.45) is 0 Å². The van der Waals surface area contributed by atoms with Crippen molar-refractivity contribution in [2.75, 3.05) is 57.8 Å². The van der Waals surface area contributed by atoms with Crippen LogP contribution in [-0.4, -0.2) is 84.7 Å². The predicted molar refractivity (Wildman–Crippen MR) is 89.9 cm³/mol. The average molecular weight is 332 g/mol. The molecule has 1 aromatic heterocycles. The number of hydrogen-bond acceptors (Lipinski definition) is 6. The molecule has 0 bridgehead atoms. The van der Waals surface area contributed by atoms with Gasteiger partial charge in [0.05, 0.1) is 6.54 Å². The molecule has 0 saturated carbocycles. The lowest BCUT2D eigenvalue weighted by Gasteiger charge is -2.35. The minimum atomic E-state index is -0.244. The fraction of sp³-hybridized carbons (Fsp3) is 0.625. The van der Waals surface area contributed by atoms with Crippen LogP contribution in [0.5, 0.6) is 0 Å². The zero-order valence-electron chi connectivity index (χ0n) is 14.1. The first-order chi connectivity index (χ1) is 11.7. The van der Waals surface area contributed by atoms with Crippen molar-refractivity contribution in [2.45, 2.75) is 12.8 Å². The van der Waals surface area contributed by atoms with Crippen LogP contribution in [0.15, 0.2) is 12.1 Å². The van der Waals surface area contributed by atoms with E-state index < -0.39 is 0 Å². The molecule has 0 atom stereocenters. The summed E-state index contributed by atoms with van der Waals surface area (Å²) in [6, 6.07) is 3.48. The first-order valence-electron chi connectivity index (χ1n) is 8.48. The number of aromatic nitrogens is 2. The van der Waals surface area contributed by atoms with Gasteiger partial charge in [-0.3, -0.25) is 14.5 Å². The van der Waals surface area contributed by atoms with Gasteiger partial charge in [0.15, 0.2) is 11.5 Å². The Morgan fingerprint density at radius 3 is 2.33 bits per heavy atom. The average Bonchev–Trinajstić information content (AvgIpc) is 3.14. The largest absolute Gasteiger partial charge is 0.354 e. The molecule has 3 rings (SSSR count). The molecule has 0 spiro atoms. The smallest absolute Gasteiger partial charge is 0.271 e. The number of rotatable bonds is 4. The number of nitrogens with zero attached hydrogens (tertiary/aromatic N) is 5. The molecule has 2 aliphatic heterocycles. The van der Waals surface area contributed by atoms with Crippen molar-refractivity contribution in [3.05, 3.63) is 17.8 Å². The molecule has 2 amide bonds. The Morgan fingerprint density at radius 1 is 1.04 bits per heavy atom. The first kappa shape index (κ1) is 16.6. The molecule has 130 valence electrons. The summed E-state index contributed by atoms with van der Waals surface area (Å²) in [5, 5.41) is 10.6. The number of hydrogen-bond donors (Lipinski definition) is 1. The Labute approximate surface area is 141 Å². The minimum absolute atomic E-state index is 0.220. The number of nitrogens with one attached hydrogen (secondary N) is 1. The summed E-state index contributed by atoms with van der Waals surface area (Å²) in [5.41, 5.74) is 0.306. The molecular formula is C16H24N6O2. The molecule has 1 aromatic rings. The van der Waals surface area contributed by atoms with E-state index in [2.05, 4.69) is 25.3 Å². The summed E-state index contributed by atoms with van der Waals surface area (Å²) in [5.74, 6) is 0.721. The summed E-state index contributed by atoms with van der Waals surface area (Å²) in [7, 11) is 1.57. The molecule has 2 fully saturated rings. The molecule has 0 aromatic carbocycles. The van der Waals surface area contributed by atoms with E-state index in [0.717, 1.165) is 32.0 Å². The molecule has 2 aliphatic rings. The number of carbonyl (C=O) groups excluding carboxylic acids is 2. The summed E-state index contributed by atoms with van der Waals surface area (Å²) >= 11 is 0. The van der Waals surface area contributed by atoms with Crippen LogP contribution in [0.4, 0.5) is 5.82 Å².